The highest BCUT2D eigenvalue weighted by Crippen LogP contribution is 2.30. The number of carbonyl (C=O) groups is 1. The third kappa shape index (κ3) is 4.57. The lowest BCUT2D eigenvalue weighted by molar-refractivity contribution is 0.0751. The molecule has 3 aromatic rings. The third-order valence-electron chi connectivity index (χ3n) is 6.52. The van der Waals surface area contributed by atoms with E-state index >= 15 is 0 Å². The average molecular weight is 483 g/mol. The summed E-state index contributed by atoms with van der Waals surface area (Å²) in [6.45, 7) is 2.43. The van der Waals surface area contributed by atoms with Gasteiger partial charge in [0, 0.05) is 31.1 Å². The molecule has 1 aliphatic heterocycles. The van der Waals surface area contributed by atoms with Crippen LogP contribution in [0.4, 0.5) is 5.69 Å². The molecular formula is C25H27ClN4O2S. The fourth-order valence-electron chi connectivity index (χ4n) is 4.65. The molecule has 0 spiro atoms. The molecule has 0 saturated carbocycles. The van der Waals surface area contributed by atoms with E-state index < -0.39 is 0 Å². The van der Waals surface area contributed by atoms with Gasteiger partial charge in [-0.2, -0.15) is 9.78 Å². The van der Waals surface area contributed by atoms with E-state index in [0.29, 0.717) is 37.6 Å². The lowest BCUT2D eigenvalue weighted by Gasteiger charge is -2.36. The number of fused-ring (bicyclic) bond motifs is 1. The molecule has 8 heteroatoms. The first-order chi connectivity index (χ1) is 16.1. The van der Waals surface area contributed by atoms with Gasteiger partial charge in [-0.25, -0.2) is 0 Å². The Morgan fingerprint density at radius 2 is 1.70 bits per heavy atom. The second-order valence-corrected chi connectivity index (χ2v) is 10.2. The van der Waals surface area contributed by atoms with Gasteiger partial charge in [-0.3, -0.25) is 9.59 Å². The van der Waals surface area contributed by atoms with Gasteiger partial charge in [0.15, 0.2) is 0 Å². The molecule has 2 aromatic heterocycles. The fourth-order valence-corrected chi connectivity index (χ4v) is 6.12. The first kappa shape index (κ1) is 22.2. The number of nitrogens with zero attached hydrogens (tertiary/aromatic N) is 4. The van der Waals surface area contributed by atoms with E-state index in [1.165, 1.54) is 40.8 Å². The summed E-state index contributed by atoms with van der Waals surface area (Å²) >= 11 is 8.15. The Hall–Kier alpha value is -2.64. The average Bonchev–Trinajstić information content (AvgIpc) is 3.23. The van der Waals surface area contributed by atoms with Crippen molar-refractivity contribution < 1.29 is 4.79 Å². The van der Waals surface area contributed by atoms with Gasteiger partial charge in [0.05, 0.1) is 22.4 Å². The number of rotatable bonds is 3. The lowest BCUT2D eigenvalue weighted by atomic mass is 10.00. The molecule has 1 amide bonds. The van der Waals surface area contributed by atoms with Crippen molar-refractivity contribution in [1.82, 2.24) is 14.7 Å². The number of benzene rings is 1. The summed E-state index contributed by atoms with van der Waals surface area (Å²) in [5, 5.41) is 4.50. The Bertz CT molecular complexity index is 1170. The molecule has 0 bridgehead atoms. The van der Waals surface area contributed by atoms with Crippen LogP contribution >= 0.6 is 22.9 Å². The second kappa shape index (κ2) is 9.69. The molecule has 172 valence electrons. The van der Waals surface area contributed by atoms with Gasteiger partial charge in [0.2, 0.25) is 0 Å². The standard InChI is InChI=1S/C25H27ClN4O2S/c26-23-20(17-27-30(25(23)32)19-9-5-3-6-10-19)28-12-14-29(15-13-28)24(31)22-16-18-8-4-1-2-7-11-21(18)33-22/h3,5-6,9-10,16-17H,1-2,4,7-8,11-15H2. The van der Waals surface area contributed by atoms with Crippen LogP contribution in [0.15, 0.2) is 47.4 Å². The van der Waals surface area contributed by atoms with Crippen LogP contribution in [0.5, 0.6) is 0 Å². The van der Waals surface area contributed by atoms with Crippen LogP contribution in [0, 0.1) is 0 Å². The number of carbonyl (C=O) groups excluding carboxylic acids is 1. The first-order valence-corrected chi connectivity index (χ1v) is 12.8. The van der Waals surface area contributed by atoms with Gasteiger partial charge in [-0.15, -0.1) is 11.3 Å². The molecule has 0 unspecified atom stereocenters. The number of amides is 1. The molecule has 3 heterocycles. The number of anilines is 1. The Labute approximate surface area is 202 Å². The minimum Gasteiger partial charge on any atom is -0.365 e. The maximum atomic E-state index is 13.2. The van der Waals surface area contributed by atoms with Crippen molar-refractivity contribution >= 4 is 34.5 Å². The van der Waals surface area contributed by atoms with Gasteiger partial charge in [0.1, 0.15) is 5.02 Å². The predicted octanol–water partition coefficient (Wildman–Crippen LogP) is 4.57. The summed E-state index contributed by atoms with van der Waals surface area (Å²) in [5.74, 6) is 0.120. The summed E-state index contributed by atoms with van der Waals surface area (Å²) in [6, 6.07) is 11.4. The van der Waals surface area contributed by atoms with Crippen LogP contribution in [0.3, 0.4) is 0 Å². The number of hydrogen-bond acceptors (Lipinski definition) is 5. The second-order valence-electron chi connectivity index (χ2n) is 8.65. The highest BCUT2D eigenvalue weighted by Gasteiger charge is 2.26. The van der Waals surface area contributed by atoms with Crippen molar-refractivity contribution in [3.63, 3.8) is 0 Å². The normalized spacial score (nSPS) is 16.8. The van der Waals surface area contributed by atoms with E-state index in [-0.39, 0.29) is 16.5 Å². The van der Waals surface area contributed by atoms with Gasteiger partial charge >= 0.3 is 0 Å². The van der Waals surface area contributed by atoms with Gasteiger partial charge < -0.3 is 9.80 Å². The number of thiophene rings is 1. The molecule has 33 heavy (non-hydrogen) atoms. The van der Waals surface area contributed by atoms with Gasteiger partial charge in [-0.05, 0) is 49.4 Å². The Morgan fingerprint density at radius 1 is 0.970 bits per heavy atom. The van der Waals surface area contributed by atoms with Gasteiger partial charge in [0.25, 0.3) is 11.5 Å². The molecule has 5 rings (SSSR count). The van der Waals surface area contributed by atoms with Crippen LogP contribution < -0.4 is 10.5 Å². The topological polar surface area (TPSA) is 58.4 Å². The van der Waals surface area contributed by atoms with Crippen molar-refractivity contribution in [2.45, 2.75) is 38.5 Å². The number of aryl methyl sites for hydroxylation is 2. The number of para-hydroxylation sites is 1. The summed E-state index contributed by atoms with van der Waals surface area (Å²) in [6.07, 6.45) is 8.84. The van der Waals surface area contributed by atoms with Crippen LogP contribution in [-0.4, -0.2) is 46.8 Å². The predicted molar refractivity (Wildman–Crippen MR) is 133 cm³/mol. The quantitative estimate of drug-likeness (QED) is 0.548. The molecule has 1 aliphatic carbocycles. The van der Waals surface area contributed by atoms with E-state index in [2.05, 4.69) is 11.2 Å². The van der Waals surface area contributed by atoms with Crippen molar-refractivity contribution in [1.29, 1.82) is 0 Å². The number of hydrogen-bond donors (Lipinski definition) is 0. The van der Waals surface area contributed by atoms with Crippen molar-refractivity contribution in [2.24, 2.45) is 0 Å². The smallest absolute Gasteiger partial charge is 0.292 e. The Kier molecular flexibility index (Phi) is 6.51. The monoisotopic (exact) mass is 482 g/mol. The van der Waals surface area contributed by atoms with Crippen molar-refractivity contribution in [2.75, 3.05) is 31.1 Å². The summed E-state index contributed by atoms with van der Waals surface area (Å²) in [5.41, 5.74) is 2.34. The number of halogens is 1. The molecule has 1 aromatic carbocycles. The van der Waals surface area contributed by atoms with E-state index in [4.69, 9.17) is 11.6 Å². The van der Waals surface area contributed by atoms with Crippen molar-refractivity contribution in [3.8, 4) is 5.69 Å². The van der Waals surface area contributed by atoms with Crippen LogP contribution in [0.2, 0.25) is 5.02 Å². The Balaban J connectivity index is 1.28. The molecule has 1 fully saturated rings. The minimum absolute atomic E-state index is 0.120. The zero-order valence-corrected chi connectivity index (χ0v) is 20.1. The maximum Gasteiger partial charge on any atom is 0.292 e. The zero-order valence-electron chi connectivity index (χ0n) is 18.5. The van der Waals surface area contributed by atoms with E-state index in [1.807, 2.05) is 40.1 Å². The largest absolute Gasteiger partial charge is 0.365 e. The molecule has 0 atom stereocenters. The summed E-state index contributed by atoms with van der Waals surface area (Å²) in [4.78, 5) is 32.2. The number of aromatic nitrogens is 2. The third-order valence-corrected chi connectivity index (χ3v) is 8.10. The molecule has 2 aliphatic rings. The van der Waals surface area contributed by atoms with E-state index in [1.54, 1.807) is 17.5 Å². The SMILES string of the molecule is O=C(c1cc2c(s1)CCCCCC2)N1CCN(c2cnn(-c3ccccc3)c(=O)c2Cl)CC1. The first-order valence-electron chi connectivity index (χ1n) is 11.6. The molecule has 0 radical (unpaired) electrons. The summed E-state index contributed by atoms with van der Waals surface area (Å²) in [7, 11) is 0. The van der Waals surface area contributed by atoms with Crippen LogP contribution in [0.25, 0.3) is 5.69 Å². The highest BCUT2D eigenvalue weighted by atomic mass is 35.5. The van der Waals surface area contributed by atoms with E-state index in [0.717, 1.165) is 17.7 Å². The molecular weight excluding hydrogens is 456 g/mol. The van der Waals surface area contributed by atoms with Crippen molar-refractivity contribution in [3.05, 3.63) is 73.3 Å². The number of piperazine rings is 1. The van der Waals surface area contributed by atoms with Gasteiger partial charge in [-0.1, -0.05) is 42.6 Å². The maximum absolute atomic E-state index is 13.2. The minimum atomic E-state index is -0.338. The van der Waals surface area contributed by atoms with Crippen LogP contribution in [0.1, 0.15) is 45.8 Å². The molecule has 6 nitrogen and oxygen atoms in total. The van der Waals surface area contributed by atoms with E-state index in [9.17, 15) is 9.59 Å². The summed E-state index contributed by atoms with van der Waals surface area (Å²) < 4.78 is 1.31. The molecule has 1 saturated heterocycles. The lowest BCUT2D eigenvalue weighted by Crippen LogP contribution is -2.49. The highest BCUT2D eigenvalue weighted by molar-refractivity contribution is 7.14. The van der Waals surface area contributed by atoms with Crippen LogP contribution in [-0.2, 0) is 12.8 Å². The fraction of sp³-hybridized carbons (Fsp3) is 0.400. The molecule has 0 N–H and O–H groups in total. The zero-order chi connectivity index (χ0) is 22.8. The Morgan fingerprint density at radius 3 is 2.45 bits per heavy atom.